The number of carbonyl (C=O) groups excluding carboxylic acids is 1. The molecule has 25 heavy (non-hydrogen) atoms. The summed E-state index contributed by atoms with van der Waals surface area (Å²) in [5.41, 5.74) is 1.23. The van der Waals surface area contributed by atoms with Gasteiger partial charge in [-0.05, 0) is 50.8 Å². The van der Waals surface area contributed by atoms with Crippen molar-refractivity contribution in [3.8, 4) is 0 Å². The number of nitrogens with one attached hydrogen (secondary N) is 1. The van der Waals surface area contributed by atoms with Crippen LogP contribution in [-0.2, 0) is 16.0 Å². The van der Waals surface area contributed by atoms with Gasteiger partial charge in [-0.25, -0.2) is 0 Å². The lowest BCUT2D eigenvalue weighted by Gasteiger charge is -2.33. The van der Waals surface area contributed by atoms with Gasteiger partial charge in [-0.2, -0.15) is 0 Å². The summed E-state index contributed by atoms with van der Waals surface area (Å²) in [5.74, 6) is 0.888. The molecule has 1 aromatic carbocycles. The minimum Gasteiger partial charge on any atom is -0.466 e. The molecule has 1 aliphatic heterocycles. The largest absolute Gasteiger partial charge is 0.466 e. The number of ether oxygens (including phenoxy) is 1. The predicted molar refractivity (Wildman–Crippen MR) is 102 cm³/mol. The minimum absolute atomic E-state index is 0.0214. The van der Waals surface area contributed by atoms with Gasteiger partial charge in [-0.15, -0.1) is 0 Å². The van der Waals surface area contributed by atoms with E-state index in [-0.39, 0.29) is 11.9 Å². The van der Waals surface area contributed by atoms with Gasteiger partial charge in [0, 0.05) is 31.2 Å². The Hall–Kier alpha value is -1.75. The first kappa shape index (κ1) is 19.6. The zero-order valence-corrected chi connectivity index (χ0v) is 15.9. The quantitative estimate of drug-likeness (QED) is 0.478. The third-order valence-corrected chi connectivity index (χ3v) is 4.58. The number of aliphatic imine (C=N–C) groups is 1. The van der Waals surface area contributed by atoms with Crippen molar-refractivity contribution in [2.24, 2.45) is 10.9 Å². The van der Waals surface area contributed by atoms with Gasteiger partial charge in [-0.1, -0.05) is 23.7 Å². The van der Waals surface area contributed by atoms with Crippen LogP contribution in [-0.4, -0.2) is 49.6 Å². The van der Waals surface area contributed by atoms with Crippen molar-refractivity contribution in [1.29, 1.82) is 0 Å². The summed E-state index contributed by atoms with van der Waals surface area (Å²) in [4.78, 5) is 18.8. The summed E-state index contributed by atoms with van der Waals surface area (Å²) >= 11 is 5.92. The fraction of sp³-hybridized carbons (Fsp3) is 0.579. The van der Waals surface area contributed by atoms with Crippen molar-refractivity contribution < 1.29 is 9.53 Å². The van der Waals surface area contributed by atoms with E-state index in [1.807, 2.05) is 31.2 Å². The molecule has 1 heterocycles. The highest BCUT2D eigenvalue weighted by Gasteiger charge is 2.27. The Morgan fingerprint density at radius 2 is 1.96 bits per heavy atom. The maximum Gasteiger partial charge on any atom is 0.309 e. The van der Waals surface area contributed by atoms with Crippen molar-refractivity contribution in [3.05, 3.63) is 34.9 Å². The average molecular weight is 366 g/mol. The molecule has 6 heteroatoms. The van der Waals surface area contributed by atoms with Gasteiger partial charge < -0.3 is 15.0 Å². The van der Waals surface area contributed by atoms with Crippen LogP contribution in [0.1, 0.15) is 32.3 Å². The molecule has 1 fully saturated rings. The lowest BCUT2D eigenvalue weighted by molar-refractivity contribution is -0.149. The molecule has 0 unspecified atom stereocenters. The molecule has 2 rings (SSSR count). The molecular formula is C19H28ClN3O2. The third-order valence-electron chi connectivity index (χ3n) is 4.32. The van der Waals surface area contributed by atoms with Crippen LogP contribution in [0.25, 0.3) is 0 Å². The van der Waals surface area contributed by atoms with Crippen LogP contribution in [0.3, 0.4) is 0 Å². The number of nitrogens with zero attached hydrogens (tertiary/aromatic N) is 2. The Bertz CT molecular complexity index is 567. The van der Waals surface area contributed by atoms with Gasteiger partial charge in [0.25, 0.3) is 0 Å². The van der Waals surface area contributed by atoms with Crippen molar-refractivity contribution in [3.63, 3.8) is 0 Å². The Kier molecular flexibility index (Phi) is 8.06. The monoisotopic (exact) mass is 365 g/mol. The van der Waals surface area contributed by atoms with E-state index in [4.69, 9.17) is 21.3 Å². The van der Waals surface area contributed by atoms with Crippen molar-refractivity contribution in [2.45, 2.75) is 33.1 Å². The van der Waals surface area contributed by atoms with Crippen LogP contribution in [0, 0.1) is 5.92 Å². The van der Waals surface area contributed by atoms with E-state index in [0.29, 0.717) is 6.61 Å². The van der Waals surface area contributed by atoms with Gasteiger partial charge in [0.05, 0.1) is 12.5 Å². The van der Waals surface area contributed by atoms with Crippen LogP contribution in [0.15, 0.2) is 29.3 Å². The highest BCUT2D eigenvalue weighted by Crippen LogP contribution is 2.19. The number of halogens is 1. The molecule has 0 spiro atoms. The Morgan fingerprint density at radius 3 is 2.56 bits per heavy atom. The van der Waals surface area contributed by atoms with Crippen LogP contribution in [0.5, 0.6) is 0 Å². The first-order chi connectivity index (χ1) is 12.1. The zero-order chi connectivity index (χ0) is 18.1. The molecule has 0 aliphatic carbocycles. The molecule has 138 valence electrons. The third kappa shape index (κ3) is 6.24. The fourth-order valence-electron chi connectivity index (χ4n) is 2.95. The zero-order valence-electron chi connectivity index (χ0n) is 15.1. The molecule has 0 saturated carbocycles. The molecule has 1 aromatic rings. The van der Waals surface area contributed by atoms with E-state index in [9.17, 15) is 4.79 Å². The number of carbonyl (C=O) groups is 1. The second kappa shape index (κ2) is 10.3. The Labute approximate surface area is 155 Å². The summed E-state index contributed by atoms with van der Waals surface area (Å²) in [6.45, 7) is 7.59. The van der Waals surface area contributed by atoms with E-state index in [0.717, 1.165) is 56.4 Å². The number of piperidine rings is 1. The standard InChI is InChI=1S/C19H28ClN3O2/c1-3-21-19(22-12-9-15-5-7-17(20)8-6-15)23-13-10-16(11-14-23)18(24)25-4-2/h5-8,16H,3-4,9-14H2,1-2H3,(H,21,22). The van der Waals surface area contributed by atoms with E-state index in [1.165, 1.54) is 5.56 Å². The fourth-order valence-corrected chi connectivity index (χ4v) is 3.08. The number of esters is 1. The molecule has 0 atom stereocenters. The highest BCUT2D eigenvalue weighted by atomic mass is 35.5. The maximum atomic E-state index is 11.9. The molecule has 0 aromatic heterocycles. The summed E-state index contributed by atoms with van der Waals surface area (Å²) < 4.78 is 5.13. The highest BCUT2D eigenvalue weighted by molar-refractivity contribution is 6.30. The number of guanidine groups is 1. The predicted octanol–water partition coefficient (Wildman–Crippen LogP) is 3.12. The lowest BCUT2D eigenvalue weighted by Crippen LogP contribution is -2.46. The molecule has 5 nitrogen and oxygen atoms in total. The topological polar surface area (TPSA) is 53.9 Å². The average Bonchev–Trinajstić information content (AvgIpc) is 2.63. The number of likely N-dealkylation sites (tertiary alicyclic amines) is 1. The van der Waals surface area contributed by atoms with Crippen LogP contribution in [0.4, 0.5) is 0 Å². The summed E-state index contributed by atoms with van der Waals surface area (Å²) in [5, 5.41) is 4.11. The summed E-state index contributed by atoms with van der Waals surface area (Å²) in [6, 6.07) is 7.89. The normalized spacial score (nSPS) is 16.0. The first-order valence-corrected chi connectivity index (χ1v) is 9.46. The van der Waals surface area contributed by atoms with Crippen molar-refractivity contribution >= 4 is 23.5 Å². The van der Waals surface area contributed by atoms with Gasteiger partial charge in [-0.3, -0.25) is 9.79 Å². The number of benzene rings is 1. The molecule has 1 N–H and O–H groups in total. The first-order valence-electron chi connectivity index (χ1n) is 9.08. The summed E-state index contributed by atoms with van der Waals surface area (Å²) in [6.07, 6.45) is 2.52. The molecule has 1 aliphatic rings. The number of hydrogen-bond donors (Lipinski definition) is 1. The molecule has 0 amide bonds. The maximum absolute atomic E-state index is 11.9. The Balaban J connectivity index is 1.87. The van der Waals surface area contributed by atoms with Gasteiger partial charge >= 0.3 is 5.97 Å². The minimum atomic E-state index is -0.0631. The molecule has 0 bridgehead atoms. The van der Waals surface area contributed by atoms with E-state index >= 15 is 0 Å². The number of hydrogen-bond acceptors (Lipinski definition) is 3. The van der Waals surface area contributed by atoms with Gasteiger partial charge in [0.15, 0.2) is 5.96 Å². The Morgan fingerprint density at radius 1 is 1.28 bits per heavy atom. The SMILES string of the molecule is CCNC(=NCCc1ccc(Cl)cc1)N1CCC(C(=O)OCC)CC1. The number of rotatable bonds is 6. The van der Waals surface area contributed by atoms with E-state index in [1.54, 1.807) is 0 Å². The van der Waals surface area contributed by atoms with E-state index in [2.05, 4.69) is 17.1 Å². The summed E-state index contributed by atoms with van der Waals surface area (Å²) in [7, 11) is 0. The smallest absolute Gasteiger partial charge is 0.309 e. The lowest BCUT2D eigenvalue weighted by atomic mass is 9.97. The van der Waals surface area contributed by atoms with Crippen molar-refractivity contribution in [1.82, 2.24) is 10.2 Å². The second-order valence-electron chi connectivity index (χ2n) is 6.13. The van der Waals surface area contributed by atoms with Crippen LogP contribution < -0.4 is 5.32 Å². The van der Waals surface area contributed by atoms with Crippen LogP contribution in [0.2, 0.25) is 5.02 Å². The van der Waals surface area contributed by atoms with E-state index < -0.39 is 0 Å². The van der Waals surface area contributed by atoms with Crippen molar-refractivity contribution in [2.75, 3.05) is 32.8 Å². The molecule has 1 saturated heterocycles. The molecular weight excluding hydrogens is 338 g/mol. The van der Waals surface area contributed by atoms with Gasteiger partial charge in [0.2, 0.25) is 0 Å². The van der Waals surface area contributed by atoms with Crippen LogP contribution >= 0.6 is 11.6 Å². The van der Waals surface area contributed by atoms with Gasteiger partial charge in [0.1, 0.15) is 0 Å². The second-order valence-corrected chi connectivity index (χ2v) is 6.56. The molecule has 0 radical (unpaired) electrons.